The fourth-order valence-corrected chi connectivity index (χ4v) is 1.76. The third-order valence-electron chi connectivity index (χ3n) is 2.60. The SMILES string of the molecule is O=[N+]([O-])c1cccc(C(=C(F)F)c2ccccc2)c1. The molecule has 0 unspecified atom stereocenters. The summed E-state index contributed by atoms with van der Waals surface area (Å²) in [5, 5.41) is 10.7. The lowest BCUT2D eigenvalue weighted by Crippen LogP contribution is -1.93. The van der Waals surface area contributed by atoms with E-state index < -0.39 is 11.0 Å². The Hall–Kier alpha value is -2.56. The summed E-state index contributed by atoms with van der Waals surface area (Å²) in [5.41, 5.74) is -0.0557. The molecule has 0 N–H and O–H groups in total. The minimum Gasteiger partial charge on any atom is -0.258 e. The molecule has 19 heavy (non-hydrogen) atoms. The number of nitrogens with zero attached hydrogens (tertiary/aromatic N) is 1. The van der Waals surface area contributed by atoms with Gasteiger partial charge in [0.25, 0.3) is 11.8 Å². The third kappa shape index (κ3) is 2.82. The standard InChI is InChI=1S/C14H9F2NO2/c15-14(16)13(10-5-2-1-3-6-10)11-7-4-8-12(9-11)17(18)19/h1-9H. The molecule has 5 heteroatoms. The number of nitro benzene ring substituents is 1. The number of benzene rings is 2. The second-order valence-electron chi connectivity index (χ2n) is 3.81. The Bertz CT molecular complexity index is 635. The predicted molar refractivity (Wildman–Crippen MR) is 67.8 cm³/mol. The van der Waals surface area contributed by atoms with E-state index in [2.05, 4.69) is 0 Å². The van der Waals surface area contributed by atoms with E-state index in [4.69, 9.17) is 0 Å². The molecule has 0 spiro atoms. The Morgan fingerprint density at radius 1 is 0.947 bits per heavy atom. The highest BCUT2D eigenvalue weighted by atomic mass is 19.3. The molecule has 0 aliphatic rings. The zero-order valence-corrected chi connectivity index (χ0v) is 9.72. The van der Waals surface area contributed by atoms with E-state index in [0.717, 1.165) is 6.07 Å². The number of rotatable bonds is 3. The zero-order chi connectivity index (χ0) is 13.8. The maximum atomic E-state index is 13.1. The van der Waals surface area contributed by atoms with Gasteiger partial charge in [0.2, 0.25) is 0 Å². The topological polar surface area (TPSA) is 43.1 Å². The molecule has 0 atom stereocenters. The highest BCUT2D eigenvalue weighted by Crippen LogP contribution is 2.30. The maximum Gasteiger partial charge on any atom is 0.278 e. The summed E-state index contributed by atoms with van der Waals surface area (Å²) in [5.74, 6) is 0. The molecule has 0 radical (unpaired) electrons. The van der Waals surface area contributed by atoms with Crippen LogP contribution in [0.1, 0.15) is 11.1 Å². The summed E-state index contributed by atoms with van der Waals surface area (Å²) in [6.07, 6.45) is -1.87. The molecule has 0 aliphatic carbocycles. The van der Waals surface area contributed by atoms with Crippen molar-refractivity contribution in [2.45, 2.75) is 0 Å². The van der Waals surface area contributed by atoms with Gasteiger partial charge in [-0.3, -0.25) is 10.1 Å². The van der Waals surface area contributed by atoms with Crippen LogP contribution in [0.5, 0.6) is 0 Å². The van der Waals surface area contributed by atoms with Crippen LogP contribution in [0.15, 0.2) is 60.7 Å². The molecule has 0 amide bonds. The van der Waals surface area contributed by atoms with Crippen molar-refractivity contribution < 1.29 is 13.7 Å². The van der Waals surface area contributed by atoms with Crippen LogP contribution >= 0.6 is 0 Å². The molecule has 2 aromatic rings. The Morgan fingerprint density at radius 2 is 1.58 bits per heavy atom. The lowest BCUT2D eigenvalue weighted by molar-refractivity contribution is -0.384. The Labute approximate surface area is 108 Å². The molecule has 0 heterocycles. The van der Waals surface area contributed by atoms with Crippen LogP contribution in [0.2, 0.25) is 0 Å². The molecule has 0 bridgehead atoms. The Morgan fingerprint density at radius 3 is 2.16 bits per heavy atom. The van der Waals surface area contributed by atoms with Gasteiger partial charge in [-0.15, -0.1) is 0 Å². The average Bonchev–Trinajstić information content (AvgIpc) is 2.40. The first-order valence-corrected chi connectivity index (χ1v) is 5.45. The van der Waals surface area contributed by atoms with Crippen molar-refractivity contribution >= 4 is 11.3 Å². The fraction of sp³-hybridized carbons (Fsp3) is 0. The zero-order valence-electron chi connectivity index (χ0n) is 9.72. The minimum atomic E-state index is -1.87. The summed E-state index contributed by atoms with van der Waals surface area (Å²) in [6, 6.07) is 13.3. The lowest BCUT2D eigenvalue weighted by Gasteiger charge is -2.06. The molecule has 0 aliphatic heterocycles. The van der Waals surface area contributed by atoms with Crippen molar-refractivity contribution in [2.75, 3.05) is 0 Å². The quantitative estimate of drug-likeness (QED) is 0.612. The Balaban J connectivity index is 2.57. The van der Waals surface area contributed by atoms with E-state index in [0.29, 0.717) is 5.56 Å². The summed E-state index contributed by atoms with van der Waals surface area (Å²) >= 11 is 0. The predicted octanol–water partition coefficient (Wildman–Crippen LogP) is 4.25. The lowest BCUT2D eigenvalue weighted by atomic mass is 9.99. The van der Waals surface area contributed by atoms with Crippen molar-refractivity contribution in [1.82, 2.24) is 0 Å². The minimum absolute atomic E-state index is 0.125. The van der Waals surface area contributed by atoms with Gasteiger partial charge in [0.1, 0.15) is 0 Å². The van der Waals surface area contributed by atoms with E-state index in [1.165, 1.54) is 30.3 Å². The van der Waals surface area contributed by atoms with Crippen LogP contribution in [0.4, 0.5) is 14.5 Å². The molecule has 0 aromatic heterocycles. The molecule has 2 aromatic carbocycles. The summed E-state index contributed by atoms with van der Waals surface area (Å²) in [6.45, 7) is 0. The first-order chi connectivity index (χ1) is 9.09. The molecule has 0 fully saturated rings. The Kier molecular flexibility index (Phi) is 3.66. The fourth-order valence-electron chi connectivity index (χ4n) is 1.76. The van der Waals surface area contributed by atoms with Crippen LogP contribution in [0.25, 0.3) is 5.57 Å². The summed E-state index contributed by atoms with van der Waals surface area (Å²) in [7, 11) is 0. The van der Waals surface area contributed by atoms with Crippen molar-refractivity contribution in [1.29, 1.82) is 0 Å². The van der Waals surface area contributed by atoms with Crippen molar-refractivity contribution in [2.24, 2.45) is 0 Å². The number of hydrogen-bond acceptors (Lipinski definition) is 2. The monoisotopic (exact) mass is 261 g/mol. The number of halogens is 2. The normalized spacial score (nSPS) is 10.0. The van der Waals surface area contributed by atoms with E-state index in [1.807, 2.05) is 0 Å². The molecule has 0 saturated carbocycles. The van der Waals surface area contributed by atoms with Crippen molar-refractivity contribution in [3.05, 3.63) is 81.9 Å². The maximum absolute atomic E-state index is 13.1. The summed E-state index contributed by atoms with van der Waals surface area (Å²) < 4.78 is 26.2. The van der Waals surface area contributed by atoms with Gasteiger partial charge >= 0.3 is 0 Å². The molecule has 0 saturated heterocycles. The van der Waals surface area contributed by atoms with Crippen LogP contribution in [-0.4, -0.2) is 4.92 Å². The first kappa shape index (κ1) is 12.9. The van der Waals surface area contributed by atoms with Crippen molar-refractivity contribution in [3.63, 3.8) is 0 Å². The highest BCUT2D eigenvalue weighted by molar-refractivity contribution is 5.81. The number of hydrogen-bond donors (Lipinski definition) is 0. The molecule has 2 rings (SSSR count). The van der Waals surface area contributed by atoms with Gasteiger partial charge in [-0.2, -0.15) is 8.78 Å². The van der Waals surface area contributed by atoms with E-state index in [1.54, 1.807) is 18.2 Å². The van der Waals surface area contributed by atoms with Gasteiger partial charge in [0, 0.05) is 12.1 Å². The number of nitro groups is 1. The number of non-ortho nitro benzene ring substituents is 1. The molecule has 96 valence electrons. The van der Waals surface area contributed by atoms with E-state index in [-0.39, 0.29) is 16.8 Å². The van der Waals surface area contributed by atoms with Gasteiger partial charge < -0.3 is 0 Å². The summed E-state index contributed by atoms with van der Waals surface area (Å²) in [4.78, 5) is 10.1. The smallest absolute Gasteiger partial charge is 0.258 e. The molecule has 3 nitrogen and oxygen atoms in total. The van der Waals surface area contributed by atoms with E-state index in [9.17, 15) is 18.9 Å². The van der Waals surface area contributed by atoms with Crippen LogP contribution in [0, 0.1) is 10.1 Å². The van der Waals surface area contributed by atoms with Crippen molar-refractivity contribution in [3.8, 4) is 0 Å². The third-order valence-corrected chi connectivity index (χ3v) is 2.60. The van der Waals surface area contributed by atoms with Gasteiger partial charge in [-0.05, 0) is 11.1 Å². The molecular weight excluding hydrogens is 252 g/mol. The average molecular weight is 261 g/mol. The van der Waals surface area contributed by atoms with Gasteiger partial charge in [-0.25, -0.2) is 0 Å². The van der Waals surface area contributed by atoms with Crippen LogP contribution in [0.3, 0.4) is 0 Å². The van der Waals surface area contributed by atoms with Gasteiger partial charge in [0.15, 0.2) is 0 Å². The van der Waals surface area contributed by atoms with Crippen LogP contribution in [-0.2, 0) is 0 Å². The highest BCUT2D eigenvalue weighted by Gasteiger charge is 2.15. The van der Waals surface area contributed by atoms with E-state index >= 15 is 0 Å². The largest absolute Gasteiger partial charge is 0.278 e. The molecular formula is C14H9F2NO2. The van der Waals surface area contributed by atoms with Gasteiger partial charge in [-0.1, -0.05) is 42.5 Å². The van der Waals surface area contributed by atoms with Crippen LogP contribution < -0.4 is 0 Å². The first-order valence-electron chi connectivity index (χ1n) is 5.45. The second kappa shape index (κ2) is 5.39. The second-order valence-corrected chi connectivity index (χ2v) is 3.81. The van der Waals surface area contributed by atoms with Gasteiger partial charge in [0.05, 0.1) is 10.5 Å².